The topological polar surface area (TPSA) is 94.8 Å². The number of hydrogen-bond donors (Lipinski definition) is 1. The standard InChI is InChI=1S/C18H19ClN6O2S/c1-3-25-17(22-15-13(9-20-11-21-15)16(26)27-4-2)23-24-18(25)28-10-12-7-5-6-8-14(12)19/h5-9,11H,3-4,10H2,1-2H3,(H,20,21,22,23). The quantitative estimate of drug-likeness (QED) is 0.434. The Morgan fingerprint density at radius 3 is 2.86 bits per heavy atom. The van der Waals surface area contributed by atoms with Crippen LogP contribution in [0.15, 0.2) is 41.9 Å². The number of aromatic nitrogens is 5. The van der Waals surface area contributed by atoms with Crippen molar-refractivity contribution in [3.05, 3.63) is 52.9 Å². The molecular formula is C18H19ClN6O2S. The van der Waals surface area contributed by atoms with Crippen molar-refractivity contribution in [1.82, 2.24) is 24.7 Å². The summed E-state index contributed by atoms with van der Waals surface area (Å²) in [5.74, 6) is 0.965. The summed E-state index contributed by atoms with van der Waals surface area (Å²) in [6, 6.07) is 7.69. The minimum absolute atomic E-state index is 0.236. The summed E-state index contributed by atoms with van der Waals surface area (Å²) >= 11 is 7.75. The maximum Gasteiger partial charge on any atom is 0.343 e. The largest absolute Gasteiger partial charge is 0.462 e. The highest BCUT2D eigenvalue weighted by atomic mass is 35.5. The van der Waals surface area contributed by atoms with Gasteiger partial charge in [0.25, 0.3) is 0 Å². The molecule has 0 radical (unpaired) electrons. The van der Waals surface area contributed by atoms with E-state index in [1.54, 1.807) is 6.92 Å². The van der Waals surface area contributed by atoms with Gasteiger partial charge in [0.05, 0.1) is 6.61 Å². The van der Waals surface area contributed by atoms with Crippen LogP contribution >= 0.6 is 23.4 Å². The molecule has 0 spiro atoms. The van der Waals surface area contributed by atoms with Crippen molar-refractivity contribution >= 4 is 41.1 Å². The number of halogens is 1. The molecule has 3 aromatic rings. The molecule has 0 fully saturated rings. The van der Waals surface area contributed by atoms with Gasteiger partial charge in [-0.3, -0.25) is 4.57 Å². The van der Waals surface area contributed by atoms with Crippen molar-refractivity contribution in [2.75, 3.05) is 11.9 Å². The van der Waals surface area contributed by atoms with Gasteiger partial charge in [-0.1, -0.05) is 41.6 Å². The fraction of sp³-hybridized carbons (Fsp3) is 0.278. The molecule has 3 rings (SSSR count). The summed E-state index contributed by atoms with van der Waals surface area (Å²) < 4.78 is 6.95. The van der Waals surface area contributed by atoms with Crippen molar-refractivity contribution in [1.29, 1.82) is 0 Å². The maximum absolute atomic E-state index is 12.1. The van der Waals surface area contributed by atoms with E-state index in [4.69, 9.17) is 16.3 Å². The molecule has 0 atom stereocenters. The monoisotopic (exact) mass is 418 g/mol. The van der Waals surface area contributed by atoms with Gasteiger partial charge in [-0.25, -0.2) is 14.8 Å². The molecule has 28 heavy (non-hydrogen) atoms. The maximum atomic E-state index is 12.1. The van der Waals surface area contributed by atoms with Gasteiger partial charge in [-0.15, -0.1) is 10.2 Å². The SMILES string of the molecule is CCOC(=O)c1cncnc1Nc1nnc(SCc2ccccc2Cl)n1CC. The summed E-state index contributed by atoms with van der Waals surface area (Å²) in [6.45, 7) is 4.63. The highest BCUT2D eigenvalue weighted by Crippen LogP contribution is 2.28. The minimum Gasteiger partial charge on any atom is -0.462 e. The van der Waals surface area contributed by atoms with Crippen LogP contribution in [-0.2, 0) is 17.0 Å². The summed E-state index contributed by atoms with van der Waals surface area (Å²) in [4.78, 5) is 20.1. The lowest BCUT2D eigenvalue weighted by atomic mass is 10.2. The van der Waals surface area contributed by atoms with Gasteiger partial charge in [-0.2, -0.15) is 0 Å². The van der Waals surface area contributed by atoms with Crippen LogP contribution in [0.2, 0.25) is 5.02 Å². The molecule has 0 unspecified atom stereocenters. The van der Waals surface area contributed by atoms with Crippen LogP contribution in [0.4, 0.5) is 11.8 Å². The number of hydrogen-bond acceptors (Lipinski definition) is 8. The molecule has 10 heteroatoms. The average Bonchev–Trinajstić information content (AvgIpc) is 3.09. The lowest BCUT2D eigenvalue weighted by molar-refractivity contribution is 0.0526. The third kappa shape index (κ3) is 4.60. The predicted octanol–water partition coefficient (Wildman–Crippen LogP) is 3.95. The number of esters is 1. The number of ether oxygens (including phenoxy) is 1. The van der Waals surface area contributed by atoms with Crippen molar-refractivity contribution in [2.45, 2.75) is 31.3 Å². The third-order valence-corrected chi connectivity index (χ3v) is 5.17. The summed E-state index contributed by atoms with van der Waals surface area (Å²) in [7, 11) is 0. The van der Waals surface area contributed by atoms with Crippen LogP contribution in [0.5, 0.6) is 0 Å². The van der Waals surface area contributed by atoms with E-state index in [0.29, 0.717) is 24.1 Å². The molecule has 2 heterocycles. The van der Waals surface area contributed by atoms with E-state index >= 15 is 0 Å². The van der Waals surface area contributed by atoms with Crippen molar-refractivity contribution < 1.29 is 9.53 Å². The number of thioether (sulfide) groups is 1. The Morgan fingerprint density at radius 1 is 1.29 bits per heavy atom. The normalized spacial score (nSPS) is 10.7. The highest BCUT2D eigenvalue weighted by molar-refractivity contribution is 7.98. The first-order valence-electron chi connectivity index (χ1n) is 8.67. The van der Waals surface area contributed by atoms with Gasteiger partial charge in [0, 0.05) is 23.5 Å². The first kappa shape index (κ1) is 20.1. The van der Waals surface area contributed by atoms with E-state index < -0.39 is 5.97 Å². The van der Waals surface area contributed by atoms with Crippen LogP contribution in [0.25, 0.3) is 0 Å². The molecule has 0 saturated heterocycles. The molecular weight excluding hydrogens is 400 g/mol. The zero-order valence-corrected chi connectivity index (χ0v) is 17.0. The second kappa shape index (κ2) is 9.52. The Hall–Kier alpha value is -2.65. The van der Waals surface area contributed by atoms with E-state index in [2.05, 4.69) is 25.5 Å². The van der Waals surface area contributed by atoms with E-state index in [1.807, 2.05) is 35.8 Å². The number of nitrogens with zero attached hydrogens (tertiary/aromatic N) is 5. The molecule has 1 N–H and O–H groups in total. The zero-order chi connectivity index (χ0) is 19.9. The average molecular weight is 419 g/mol. The van der Waals surface area contributed by atoms with E-state index in [0.717, 1.165) is 15.7 Å². The van der Waals surface area contributed by atoms with Gasteiger partial charge in [0.15, 0.2) is 11.0 Å². The highest BCUT2D eigenvalue weighted by Gasteiger charge is 2.18. The van der Waals surface area contributed by atoms with Crippen molar-refractivity contribution in [3.8, 4) is 0 Å². The fourth-order valence-electron chi connectivity index (χ4n) is 2.42. The second-order valence-electron chi connectivity index (χ2n) is 5.56. The third-order valence-electron chi connectivity index (χ3n) is 3.79. The lowest BCUT2D eigenvalue weighted by Gasteiger charge is -2.11. The van der Waals surface area contributed by atoms with Crippen LogP contribution < -0.4 is 5.32 Å². The van der Waals surface area contributed by atoms with Crippen LogP contribution in [0.1, 0.15) is 29.8 Å². The van der Waals surface area contributed by atoms with Crippen molar-refractivity contribution in [2.24, 2.45) is 0 Å². The molecule has 0 aliphatic rings. The molecule has 0 aliphatic heterocycles. The Kier molecular flexibility index (Phi) is 6.83. The molecule has 2 aromatic heterocycles. The van der Waals surface area contributed by atoms with Gasteiger partial charge in [0.2, 0.25) is 5.95 Å². The molecule has 146 valence electrons. The molecule has 0 aliphatic carbocycles. The Bertz CT molecular complexity index is 965. The van der Waals surface area contributed by atoms with Crippen LogP contribution in [0, 0.1) is 0 Å². The Balaban J connectivity index is 1.79. The number of carbonyl (C=O) groups excluding carboxylic acids is 1. The lowest BCUT2D eigenvalue weighted by Crippen LogP contribution is -2.12. The molecule has 0 bridgehead atoms. The molecule has 1 aromatic carbocycles. The second-order valence-corrected chi connectivity index (χ2v) is 6.91. The number of rotatable bonds is 8. The van der Waals surface area contributed by atoms with Crippen LogP contribution in [0.3, 0.4) is 0 Å². The first-order valence-corrected chi connectivity index (χ1v) is 10.0. The zero-order valence-electron chi connectivity index (χ0n) is 15.4. The van der Waals surface area contributed by atoms with E-state index in [1.165, 1.54) is 24.3 Å². The van der Waals surface area contributed by atoms with E-state index in [9.17, 15) is 4.79 Å². The fourth-order valence-corrected chi connectivity index (χ4v) is 3.71. The van der Waals surface area contributed by atoms with Gasteiger partial charge >= 0.3 is 5.97 Å². The van der Waals surface area contributed by atoms with Gasteiger partial charge in [0.1, 0.15) is 11.9 Å². The number of carbonyl (C=O) groups is 1. The summed E-state index contributed by atoms with van der Waals surface area (Å²) in [5.41, 5.74) is 1.26. The van der Waals surface area contributed by atoms with Gasteiger partial charge < -0.3 is 10.1 Å². The van der Waals surface area contributed by atoms with Gasteiger partial charge in [-0.05, 0) is 25.5 Å². The first-order chi connectivity index (χ1) is 13.6. The Morgan fingerprint density at radius 2 is 2.11 bits per heavy atom. The number of anilines is 2. The molecule has 0 amide bonds. The predicted molar refractivity (Wildman–Crippen MR) is 108 cm³/mol. The van der Waals surface area contributed by atoms with Crippen LogP contribution in [-0.4, -0.2) is 37.3 Å². The molecule has 0 saturated carbocycles. The Labute approximate surface area is 171 Å². The summed E-state index contributed by atoms with van der Waals surface area (Å²) in [5, 5.41) is 13.0. The summed E-state index contributed by atoms with van der Waals surface area (Å²) in [6.07, 6.45) is 2.76. The molecule has 8 nitrogen and oxygen atoms in total. The van der Waals surface area contributed by atoms with E-state index in [-0.39, 0.29) is 12.2 Å². The minimum atomic E-state index is -0.499. The van der Waals surface area contributed by atoms with Crippen molar-refractivity contribution in [3.63, 3.8) is 0 Å². The smallest absolute Gasteiger partial charge is 0.343 e. The number of nitrogens with one attached hydrogen (secondary N) is 1. The number of benzene rings is 1.